The number of pyridine rings is 2. The third-order valence-electron chi connectivity index (χ3n) is 3.11. The van der Waals surface area contributed by atoms with Crippen molar-refractivity contribution in [2.24, 2.45) is 0 Å². The van der Waals surface area contributed by atoms with Crippen LogP contribution in [0.25, 0.3) is 0 Å². The molecule has 25 heavy (non-hydrogen) atoms. The minimum atomic E-state index is -5.90. The van der Waals surface area contributed by atoms with Gasteiger partial charge in [-0.3, -0.25) is 15.1 Å². The maximum absolute atomic E-state index is 13.4. The standard InChI is InChI=1S/C14H10F6N4O/c15-13(16,17)12(14(18,19)20,23-10-5-1-2-7-22-10)24-11(25)9-4-3-6-21-8-9/h1-8H,(H,22,23)(H,24,25)/p+1. The molecule has 2 rings (SSSR count). The van der Waals surface area contributed by atoms with Crippen LogP contribution in [-0.2, 0) is 0 Å². The number of aromatic amines is 1. The highest BCUT2D eigenvalue weighted by Crippen LogP contribution is 2.43. The molecule has 134 valence electrons. The highest BCUT2D eigenvalue weighted by Gasteiger charge is 2.76. The normalized spacial score (nSPS) is 12.6. The summed E-state index contributed by atoms with van der Waals surface area (Å²) in [6.07, 6.45) is -8.60. The van der Waals surface area contributed by atoms with Gasteiger partial charge in [0.1, 0.15) is 0 Å². The molecule has 3 N–H and O–H groups in total. The van der Waals surface area contributed by atoms with E-state index in [1.807, 2.05) is 0 Å². The van der Waals surface area contributed by atoms with Gasteiger partial charge in [0.2, 0.25) is 0 Å². The van der Waals surface area contributed by atoms with Crippen LogP contribution in [0, 0.1) is 0 Å². The molecule has 0 radical (unpaired) electrons. The molecule has 5 nitrogen and oxygen atoms in total. The van der Waals surface area contributed by atoms with Crippen molar-refractivity contribution in [2.75, 3.05) is 5.32 Å². The van der Waals surface area contributed by atoms with Gasteiger partial charge in [0.25, 0.3) is 11.7 Å². The number of halogens is 6. The number of nitrogens with one attached hydrogen (secondary N) is 3. The Morgan fingerprint density at radius 3 is 2.16 bits per heavy atom. The Balaban J connectivity index is 2.49. The molecular formula is C14H11F6N4O+. The van der Waals surface area contributed by atoms with Crippen molar-refractivity contribution in [1.29, 1.82) is 0 Å². The Morgan fingerprint density at radius 1 is 1.00 bits per heavy atom. The van der Waals surface area contributed by atoms with Crippen molar-refractivity contribution in [1.82, 2.24) is 10.3 Å². The maximum atomic E-state index is 13.4. The zero-order valence-corrected chi connectivity index (χ0v) is 12.2. The molecule has 2 heterocycles. The van der Waals surface area contributed by atoms with Crippen LogP contribution in [0.2, 0.25) is 0 Å². The van der Waals surface area contributed by atoms with E-state index in [1.54, 1.807) is 0 Å². The second-order valence-electron chi connectivity index (χ2n) is 4.84. The predicted octanol–water partition coefficient (Wildman–Crippen LogP) is 2.56. The lowest BCUT2D eigenvalue weighted by Crippen LogP contribution is -2.72. The van der Waals surface area contributed by atoms with Gasteiger partial charge in [-0.1, -0.05) is 6.07 Å². The van der Waals surface area contributed by atoms with Gasteiger partial charge in [0.15, 0.2) is 0 Å². The Labute approximate surface area is 137 Å². The van der Waals surface area contributed by atoms with Gasteiger partial charge in [-0.05, 0) is 18.2 Å². The van der Waals surface area contributed by atoms with Gasteiger partial charge in [-0.15, -0.1) is 0 Å². The van der Waals surface area contributed by atoms with Crippen molar-refractivity contribution >= 4 is 11.7 Å². The number of aromatic nitrogens is 2. The predicted molar refractivity (Wildman–Crippen MR) is 73.2 cm³/mol. The van der Waals surface area contributed by atoms with E-state index in [-0.39, 0.29) is 0 Å². The topological polar surface area (TPSA) is 68.2 Å². The van der Waals surface area contributed by atoms with Crippen molar-refractivity contribution in [2.45, 2.75) is 18.0 Å². The number of rotatable bonds is 4. The summed E-state index contributed by atoms with van der Waals surface area (Å²) in [6.45, 7) is 0. The summed E-state index contributed by atoms with van der Waals surface area (Å²) in [4.78, 5) is 17.6. The third kappa shape index (κ3) is 3.80. The zero-order valence-electron chi connectivity index (χ0n) is 12.2. The van der Waals surface area contributed by atoms with Gasteiger partial charge >= 0.3 is 18.0 Å². The van der Waals surface area contributed by atoms with E-state index >= 15 is 0 Å². The molecule has 0 aliphatic rings. The molecule has 0 fully saturated rings. The van der Waals surface area contributed by atoms with Crippen LogP contribution in [0.3, 0.4) is 0 Å². The van der Waals surface area contributed by atoms with Crippen molar-refractivity contribution in [3.8, 4) is 0 Å². The molecule has 2 aromatic heterocycles. The lowest BCUT2D eigenvalue weighted by molar-refractivity contribution is -0.367. The van der Waals surface area contributed by atoms with Crippen molar-refractivity contribution in [3.63, 3.8) is 0 Å². The minimum Gasteiger partial charge on any atom is -0.296 e. The number of carbonyl (C=O) groups is 1. The number of alkyl halides is 6. The molecule has 0 unspecified atom stereocenters. The third-order valence-corrected chi connectivity index (χ3v) is 3.11. The fourth-order valence-corrected chi connectivity index (χ4v) is 1.89. The molecule has 1 amide bonds. The number of hydrogen-bond donors (Lipinski definition) is 2. The fourth-order valence-electron chi connectivity index (χ4n) is 1.89. The Kier molecular flexibility index (Phi) is 4.86. The molecule has 0 saturated heterocycles. The van der Waals surface area contributed by atoms with Crippen LogP contribution in [0.1, 0.15) is 10.4 Å². The molecule has 11 heteroatoms. The SMILES string of the molecule is O=C(NC(Nc1cccc[nH+]1)(C(F)(F)F)C(F)(F)F)c1cccnc1. The first kappa shape index (κ1) is 18.5. The molecule has 2 aromatic rings. The minimum absolute atomic E-state index is 0.459. The van der Waals surface area contributed by atoms with E-state index in [0.29, 0.717) is 0 Å². The van der Waals surface area contributed by atoms with Crippen LogP contribution < -0.4 is 15.6 Å². The zero-order chi connectivity index (χ0) is 18.7. The summed E-state index contributed by atoms with van der Waals surface area (Å²) < 4.78 is 80.4. The largest absolute Gasteiger partial charge is 0.462 e. The second-order valence-corrected chi connectivity index (χ2v) is 4.84. The van der Waals surface area contributed by atoms with E-state index in [4.69, 9.17) is 0 Å². The van der Waals surface area contributed by atoms with E-state index < -0.39 is 35.3 Å². The van der Waals surface area contributed by atoms with Gasteiger partial charge in [0.05, 0.1) is 11.8 Å². The molecule has 0 saturated carbocycles. The first-order valence-electron chi connectivity index (χ1n) is 6.68. The number of hydrogen-bond acceptors (Lipinski definition) is 3. The Bertz CT molecular complexity index is 704. The molecule has 0 aliphatic carbocycles. The van der Waals surface area contributed by atoms with Crippen LogP contribution >= 0.6 is 0 Å². The van der Waals surface area contributed by atoms with E-state index in [2.05, 4.69) is 9.97 Å². The molecule has 0 aromatic carbocycles. The van der Waals surface area contributed by atoms with Gasteiger partial charge in [-0.2, -0.15) is 26.3 Å². The highest BCUT2D eigenvalue weighted by atomic mass is 19.4. The van der Waals surface area contributed by atoms with Gasteiger partial charge in [0, 0.05) is 18.5 Å². The number of amides is 1. The lowest BCUT2D eigenvalue weighted by atomic mass is 10.1. The number of H-pyrrole nitrogens is 1. The lowest BCUT2D eigenvalue weighted by Gasteiger charge is -2.34. The molecule has 0 spiro atoms. The van der Waals surface area contributed by atoms with Gasteiger partial charge in [-0.25, -0.2) is 10.3 Å². The van der Waals surface area contributed by atoms with Crippen molar-refractivity contribution < 1.29 is 36.1 Å². The number of anilines is 1. The molecular weight excluding hydrogens is 354 g/mol. The van der Waals surface area contributed by atoms with E-state index in [1.165, 1.54) is 29.7 Å². The van der Waals surface area contributed by atoms with Crippen LogP contribution in [0.5, 0.6) is 0 Å². The first-order valence-corrected chi connectivity index (χ1v) is 6.68. The fraction of sp³-hybridized carbons (Fsp3) is 0.214. The molecule has 0 bridgehead atoms. The molecule has 0 atom stereocenters. The summed E-state index contributed by atoms with van der Waals surface area (Å²) in [5.41, 5.74) is -5.16. The summed E-state index contributed by atoms with van der Waals surface area (Å²) >= 11 is 0. The summed E-state index contributed by atoms with van der Waals surface area (Å²) in [6, 6.07) is 5.79. The second kappa shape index (κ2) is 6.57. The number of carbonyl (C=O) groups excluding carboxylic acids is 1. The summed E-state index contributed by atoms with van der Waals surface area (Å²) in [5, 5.41) is 2.33. The average molecular weight is 365 g/mol. The van der Waals surface area contributed by atoms with Gasteiger partial charge < -0.3 is 0 Å². The quantitative estimate of drug-likeness (QED) is 0.646. The average Bonchev–Trinajstić information content (AvgIpc) is 2.54. The first-order chi connectivity index (χ1) is 11.6. The van der Waals surface area contributed by atoms with E-state index in [0.717, 1.165) is 29.8 Å². The van der Waals surface area contributed by atoms with Crippen LogP contribution in [0.15, 0.2) is 48.9 Å². The van der Waals surface area contributed by atoms with Crippen molar-refractivity contribution in [3.05, 3.63) is 54.5 Å². The number of nitrogens with zero attached hydrogens (tertiary/aromatic N) is 1. The monoisotopic (exact) mass is 365 g/mol. The van der Waals surface area contributed by atoms with E-state index in [9.17, 15) is 31.1 Å². The smallest absolute Gasteiger partial charge is 0.296 e. The highest BCUT2D eigenvalue weighted by molar-refractivity contribution is 5.94. The maximum Gasteiger partial charge on any atom is 0.462 e. The Morgan fingerprint density at radius 2 is 1.68 bits per heavy atom. The summed E-state index contributed by atoms with van der Waals surface area (Å²) in [7, 11) is 0. The van der Waals surface area contributed by atoms with Crippen LogP contribution in [0.4, 0.5) is 32.2 Å². The summed E-state index contributed by atoms with van der Waals surface area (Å²) in [5.74, 6) is -2.19. The Hall–Kier alpha value is -2.85. The molecule has 0 aliphatic heterocycles. The van der Waals surface area contributed by atoms with Crippen LogP contribution in [-0.4, -0.2) is 28.9 Å².